The van der Waals surface area contributed by atoms with Gasteiger partial charge in [-0.2, -0.15) is 0 Å². The van der Waals surface area contributed by atoms with Crippen LogP contribution in [0.4, 0.5) is 0 Å². The molecule has 1 spiro atoms. The van der Waals surface area contributed by atoms with E-state index < -0.39 is 10.8 Å². The first-order valence-electron chi connectivity index (χ1n) is 5.91. The second-order valence-corrected chi connectivity index (χ2v) is 5.40. The van der Waals surface area contributed by atoms with Crippen molar-refractivity contribution in [2.24, 2.45) is 16.7 Å². The Morgan fingerprint density at radius 3 is 2.80 bits per heavy atom. The van der Waals surface area contributed by atoms with Crippen LogP contribution >= 0.6 is 0 Å². The summed E-state index contributed by atoms with van der Waals surface area (Å²) in [5.74, 6) is 0.144. The van der Waals surface area contributed by atoms with E-state index in [4.69, 9.17) is 4.74 Å². The first-order chi connectivity index (χ1) is 7.14. The summed E-state index contributed by atoms with van der Waals surface area (Å²) in [5, 5.41) is 0. The number of hydrogen-bond acceptors (Lipinski definition) is 3. The minimum absolute atomic E-state index is 0.221. The van der Waals surface area contributed by atoms with E-state index in [0.717, 1.165) is 38.5 Å². The average Bonchev–Trinajstić information content (AvgIpc) is 2.79. The van der Waals surface area contributed by atoms with E-state index in [0.29, 0.717) is 5.92 Å². The van der Waals surface area contributed by atoms with Crippen LogP contribution in [0.2, 0.25) is 0 Å². The van der Waals surface area contributed by atoms with Gasteiger partial charge in [0.05, 0.1) is 10.8 Å². The van der Waals surface area contributed by atoms with Gasteiger partial charge in [-0.05, 0) is 38.0 Å². The lowest BCUT2D eigenvalue weighted by Gasteiger charge is -2.34. The molecule has 1 saturated heterocycles. The van der Waals surface area contributed by atoms with Gasteiger partial charge in [0.25, 0.3) is 0 Å². The summed E-state index contributed by atoms with van der Waals surface area (Å²) in [6.07, 6.45) is 5.56. The molecule has 0 N–H and O–H groups in total. The van der Waals surface area contributed by atoms with E-state index in [1.165, 1.54) is 0 Å². The molecule has 3 unspecified atom stereocenters. The molecule has 2 saturated carbocycles. The van der Waals surface area contributed by atoms with Crippen molar-refractivity contribution in [3.05, 3.63) is 0 Å². The standard InChI is InChI=1S/C12H16O3/c1-2-4-11-6-8-3-5-12(11,7-8)10(14)15-9(11)13/h8H,2-7H2,1H3. The van der Waals surface area contributed by atoms with Crippen molar-refractivity contribution in [1.82, 2.24) is 0 Å². The molecule has 3 nitrogen and oxygen atoms in total. The summed E-state index contributed by atoms with van der Waals surface area (Å²) in [6.45, 7) is 2.07. The van der Waals surface area contributed by atoms with Gasteiger partial charge in [0.1, 0.15) is 0 Å². The minimum atomic E-state index is -0.429. The summed E-state index contributed by atoms with van der Waals surface area (Å²) in [7, 11) is 0. The maximum atomic E-state index is 11.9. The van der Waals surface area contributed by atoms with Crippen LogP contribution in [-0.2, 0) is 14.3 Å². The van der Waals surface area contributed by atoms with Gasteiger partial charge in [-0.3, -0.25) is 9.59 Å². The van der Waals surface area contributed by atoms with Crippen LogP contribution in [0.5, 0.6) is 0 Å². The van der Waals surface area contributed by atoms with Crippen LogP contribution < -0.4 is 0 Å². The Balaban J connectivity index is 2.10. The molecule has 0 aromatic heterocycles. The van der Waals surface area contributed by atoms with E-state index in [9.17, 15) is 9.59 Å². The van der Waals surface area contributed by atoms with Gasteiger partial charge < -0.3 is 4.74 Å². The fourth-order valence-corrected chi connectivity index (χ4v) is 4.25. The average molecular weight is 208 g/mol. The number of rotatable bonds is 2. The van der Waals surface area contributed by atoms with Gasteiger partial charge in [-0.25, -0.2) is 0 Å². The highest BCUT2D eigenvalue weighted by Gasteiger charge is 2.74. The SMILES string of the molecule is CCCC12CC3CCC1(C3)C(=O)OC2=O. The van der Waals surface area contributed by atoms with Crippen molar-refractivity contribution in [2.45, 2.75) is 45.4 Å². The van der Waals surface area contributed by atoms with E-state index in [-0.39, 0.29) is 11.9 Å². The number of carbonyl (C=O) groups is 2. The molecular weight excluding hydrogens is 192 g/mol. The Kier molecular flexibility index (Phi) is 1.64. The fraction of sp³-hybridized carbons (Fsp3) is 0.833. The summed E-state index contributed by atoms with van der Waals surface area (Å²) >= 11 is 0. The zero-order valence-corrected chi connectivity index (χ0v) is 9.04. The van der Waals surface area contributed by atoms with Crippen molar-refractivity contribution in [3.63, 3.8) is 0 Å². The minimum Gasteiger partial charge on any atom is -0.392 e. The highest BCUT2D eigenvalue weighted by molar-refractivity contribution is 6.02. The largest absolute Gasteiger partial charge is 0.392 e. The van der Waals surface area contributed by atoms with Crippen LogP contribution in [0.15, 0.2) is 0 Å². The molecule has 3 rings (SSSR count). The van der Waals surface area contributed by atoms with Crippen LogP contribution in [0.3, 0.4) is 0 Å². The molecule has 1 heterocycles. The van der Waals surface area contributed by atoms with E-state index in [1.807, 2.05) is 0 Å². The van der Waals surface area contributed by atoms with Crippen molar-refractivity contribution in [2.75, 3.05) is 0 Å². The topological polar surface area (TPSA) is 43.4 Å². The summed E-state index contributed by atoms with van der Waals surface area (Å²) in [5.41, 5.74) is -0.841. The van der Waals surface area contributed by atoms with Crippen molar-refractivity contribution in [1.29, 1.82) is 0 Å². The molecule has 1 aliphatic heterocycles. The molecular formula is C12H16O3. The van der Waals surface area contributed by atoms with E-state index >= 15 is 0 Å². The Morgan fingerprint density at radius 2 is 2.13 bits per heavy atom. The van der Waals surface area contributed by atoms with Crippen LogP contribution in [0, 0.1) is 16.7 Å². The van der Waals surface area contributed by atoms with Gasteiger partial charge in [0, 0.05) is 0 Å². The third kappa shape index (κ3) is 0.837. The van der Waals surface area contributed by atoms with Crippen molar-refractivity contribution >= 4 is 11.9 Å². The second kappa shape index (κ2) is 2.63. The van der Waals surface area contributed by atoms with Gasteiger partial charge >= 0.3 is 11.9 Å². The molecule has 2 aliphatic carbocycles. The highest BCUT2D eigenvalue weighted by Crippen LogP contribution is 2.69. The quantitative estimate of drug-likeness (QED) is 0.515. The fourth-order valence-electron chi connectivity index (χ4n) is 4.25. The van der Waals surface area contributed by atoms with Crippen LogP contribution in [0.25, 0.3) is 0 Å². The lowest BCUT2D eigenvalue weighted by Crippen LogP contribution is -2.40. The Hall–Kier alpha value is -0.860. The third-order valence-corrected chi connectivity index (χ3v) is 4.81. The van der Waals surface area contributed by atoms with Gasteiger partial charge in [-0.1, -0.05) is 13.3 Å². The molecule has 0 aromatic carbocycles. The molecule has 15 heavy (non-hydrogen) atoms. The number of ether oxygens (including phenoxy) is 1. The monoisotopic (exact) mass is 208 g/mol. The first kappa shape index (κ1) is 9.37. The zero-order chi connectivity index (χ0) is 10.7. The number of hydrogen-bond donors (Lipinski definition) is 0. The molecule has 3 fully saturated rings. The Morgan fingerprint density at radius 1 is 1.33 bits per heavy atom. The van der Waals surface area contributed by atoms with Crippen LogP contribution in [0.1, 0.15) is 45.4 Å². The van der Waals surface area contributed by atoms with E-state index in [1.54, 1.807) is 0 Å². The molecule has 2 bridgehead atoms. The third-order valence-electron chi connectivity index (χ3n) is 4.81. The smallest absolute Gasteiger partial charge is 0.320 e. The lowest BCUT2D eigenvalue weighted by molar-refractivity contribution is -0.156. The first-order valence-corrected chi connectivity index (χ1v) is 5.91. The summed E-state index contributed by atoms with van der Waals surface area (Å²) in [4.78, 5) is 23.8. The lowest BCUT2D eigenvalue weighted by atomic mass is 9.62. The van der Waals surface area contributed by atoms with Crippen molar-refractivity contribution < 1.29 is 14.3 Å². The molecule has 0 radical (unpaired) electrons. The van der Waals surface area contributed by atoms with Gasteiger partial charge in [0.15, 0.2) is 0 Å². The van der Waals surface area contributed by atoms with Gasteiger partial charge in [-0.15, -0.1) is 0 Å². The summed E-state index contributed by atoms with van der Waals surface area (Å²) in [6, 6.07) is 0. The molecule has 0 amide bonds. The predicted molar refractivity (Wildman–Crippen MR) is 52.8 cm³/mol. The Labute approximate surface area is 89.2 Å². The Bertz CT molecular complexity index is 349. The predicted octanol–water partition coefficient (Wildman–Crippen LogP) is 2.05. The maximum absolute atomic E-state index is 11.9. The number of cyclic esters (lactones) is 2. The van der Waals surface area contributed by atoms with Crippen LogP contribution in [-0.4, -0.2) is 11.9 Å². The molecule has 82 valence electrons. The summed E-state index contributed by atoms with van der Waals surface area (Å²) < 4.78 is 4.93. The zero-order valence-electron chi connectivity index (χ0n) is 9.04. The molecule has 3 atom stereocenters. The number of esters is 2. The normalized spacial score (nSPS) is 47.1. The molecule has 3 heteroatoms. The maximum Gasteiger partial charge on any atom is 0.320 e. The number of fused-ring (bicyclic) bond motifs is 1. The molecule has 3 aliphatic rings. The van der Waals surface area contributed by atoms with Crippen molar-refractivity contribution in [3.8, 4) is 0 Å². The van der Waals surface area contributed by atoms with E-state index in [2.05, 4.69) is 6.92 Å². The second-order valence-electron chi connectivity index (χ2n) is 5.40. The van der Waals surface area contributed by atoms with Gasteiger partial charge in [0.2, 0.25) is 0 Å². The number of carbonyl (C=O) groups excluding carboxylic acids is 2. The molecule has 0 aromatic rings. The highest BCUT2D eigenvalue weighted by atomic mass is 16.6.